The number of benzene rings is 1. The Balaban J connectivity index is 1.75. The van der Waals surface area contributed by atoms with Crippen LogP contribution in [0.15, 0.2) is 41.8 Å². The number of carbonyl (C=O) groups is 2. The molecule has 0 bridgehead atoms. The highest BCUT2D eigenvalue weighted by atomic mass is 32.1. The second-order valence-electron chi connectivity index (χ2n) is 4.41. The molecular formula is C15H16N2O3S. The normalized spacial score (nSPS) is 10.1. The van der Waals surface area contributed by atoms with Gasteiger partial charge in [0.15, 0.2) is 0 Å². The number of amides is 2. The van der Waals surface area contributed by atoms with Crippen molar-refractivity contribution in [2.75, 3.05) is 6.54 Å². The second-order valence-corrected chi connectivity index (χ2v) is 5.36. The van der Waals surface area contributed by atoms with Crippen molar-refractivity contribution in [3.05, 3.63) is 57.8 Å². The van der Waals surface area contributed by atoms with Gasteiger partial charge in [-0.05, 0) is 22.6 Å². The molecule has 0 fully saturated rings. The molecule has 2 rings (SSSR count). The standard InChI is InChI=1S/C15H16N2O3S/c18-10-12-4-1-3-11(7-12)8-16-14(19)9-17-15(20)13-5-2-6-21-13/h1-7,18H,8-10H2,(H,16,19)(H,17,20). The summed E-state index contributed by atoms with van der Waals surface area (Å²) in [7, 11) is 0. The van der Waals surface area contributed by atoms with Crippen molar-refractivity contribution in [1.29, 1.82) is 0 Å². The number of rotatable bonds is 6. The van der Waals surface area contributed by atoms with Gasteiger partial charge in [0.05, 0.1) is 18.0 Å². The van der Waals surface area contributed by atoms with Crippen LogP contribution in [0, 0.1) is 0 Å². The number of thiophene rings is 1. The minimum Gasteiger partial charge on any atom is -0.392 e. The minimum atomic E-state index is -0.255. The largest absolute Gasteiger partial charge is 0.392 e. The van der Waals surface area contributed by atoms with Crippen LogP contribution in [-0.2, 0) is 17.9 Å². The van der Waals surface area contributed by atoms with E-state index in [0.717, 1.165) is 11.1 Å². The monoisotopic (exact) mass is 304 g/mol. The summed E-state index contributed by atoms with van der Waals surface area (Å²) in [5.74, 6) is -0.503. The Morgan fingerprint density at radius 3 is 2.62 bits per heavy atom. The summed E-state index contributed by atoms with van der Waals surface area (Å²) in [6, 6.07) is 10.8. The zero-order valence-corrected chi connectivity index (χ0v) is 12.2. The van der Waals surface area contributed by atoms with E-state index in [4.69, 9.17) is 5.11 Å². The molecule has 6 heteroatoms. The van der Waals surface area contributed by atoms with Crippen molar-refractivity contribution < 1.29 is 14.7 Å². The highest BCUT2D eigenvalue weighted by molar-refractivity contribution is 7.12. The maximum atomic E-state index is 11.7. The molecule has 0 atom stereocenters. The van der Waals surface area contributed by atoms with Crippen LogP contribution in [0.2, 0.25) is 0 Å². The third-order valence-electron chi connectivity index (χ3n) is 2.82. The van der Waals surface area contributed by atoms with Crippen molar-refractivity contribution in [2.45, 2.75) is 13.2 Å². The van der Waals surface area contributed by atoms with Gasteiger partial charge < -0.3 is 15.7 Å². The third-order valence-corrected chi connectivity index (χ3v) is 3.69. The zero-order chi connectivity index (χ0) is 15.1. The summed E-state index contributed by atoms with van der Waals surface area (Å²) in [5, 5.41) is 16.1. The van der Waals surface area contributed by atoms with Crippen molar-refractivity contribution in [1.82, 2.24) is 10.6 Å². The van der Waals surface area contributed by atoms with E-state index in [-0.39, 0.29) is 25.0 Å². The smallest absolute Gasteiger partial charge is 0.261 e. The predicted molar refractivity (Wildman–Crippen MR) is 80.9 cm³/mol. The highest BCUT2D eigenvalue weighted by Crippen LogP contribution is 2.07. The van der Waals surface area contributed by atoms with Crippen LogP contribution >= 0.6 is 11.3 Å². The number of hydrogen-bond acceptors (Lipinski definition) is 4. The lowest BCUT2D eigenvalue weighted by Gasteiger charge is -2.07. The van der Waals surface area contributed by atoms with Crippen LogP contribution in [0.3, 0.4) is 0 Å². The molecule has 110 valence electrons. The van der Waals surface area contributed by atoms with Crippen LogP contribution in [0.5, 0.6) is 0 Å². The van der Waals surface area contributed by atoms with Crippen molar-refractivity contribution >= 4 is 23.2 Å². The molecule has 21 heavy (non-hydrogen) atoms. The SMILES string of the molecule is O=C(CNC(=O)c1cccs1)NCc1cccc(CO)c1. The number of aliphatic hydroxyl groups excluding tert-OH is 1. The van der Waals surface area contributed by atoms with Crippen LogP contribution in [-0.4, -0.2) is 23.5 Å². The molecule has 0 saturated heterocycles. The molecule has 1 aromatic heterocycles. The first-order chi connectivity index (χ1) is 10.2. The lowest BCUT2D eigenvalue weighted by atomic mass is 10.1. The van der Waals surface area contributed by atoms with E-state index in [1.165, 1.54) is 11.3 Å². The van der Waals surface area contributed by atoms with E-state index in [9.17, 15) is 9.59 Å². The van der Waals surface area contributed by atoms with E-state index in [1.54, 1.807) is 12.1 Å². The van der Waals surface area contributed by atoms with Crippen molar-refractivity contribution in [3.63, 3.8) is 0 Å². The summed E-state index contributed by atoms with van der Waals surface area (Å²) in [6.07, 6.45) is 0. The van der Waals surface area contributed by atoms with Gasteiger partial charge in [0.1, 0.15) is 0 Å². The molecule has 0 unspecified atom stereocenters. The fourth-order valence-corrected chi connectivity index (χ4v) is 2.40. The van der Waals surface area contributed by atoms with Crippen molar-refractivity contribution in [3.8, 4) is 0 Å². The summed E-state index contributed by atoms with van der Waals surface area (Å²) >= 11 is 1.33. The highest BCUT2D eigenvalue weighted by Gasteiger charge is 2.08. The van der Waals surface area contributed by atoms with Crippen LogP contribution < -0.4 is 10.6 Å². The predicted octanol–water partition coefficient (Wildman–Crippen LogP) is 1.29. The van der Waals surface area contributed by atoms with Crippen LogP contribution in [0.4, 0.5) is 0 Å². The van der Waals surface area contributed by atoms with E-state index < -0.39 is 0 Å². The summed E-state index contributed by atoms with van der Waals surface area (Å²) in [6.45, 7) is 0.274. The Morgan fingerprint density at radius 2 is 1.90 bits per heavy atom. The Labute approximate surface area is 126 Å². The Hall–Kier alpha value is -2.18. The molecule has 0 aliphatic heterocycles. The van der Waals surface area contributed by atoms with E-state index >= 15 is 0 Å². The Kier molecular flexibility index (Phi) is 5.48. The number of hydrogen-bond donors (Lipinski definition) is 3. The number of carbonyl (C=O) groups excluding carboxylic acids is 2. The van der Waals surface area contributed by atoms with Gasteiger partial charge in [-0.15, -0.1) is 11.3 Å². The quantitative estimate of drug-likeness (QED) is 0.752. The van der Waals surface area contributed by atoms with Gasteiger partial charge in [0.2, 0.25) is 5.91 Å². The van der Waals surface area contributed by atoms with E-state index in [0.29, 0.717) is 11.4 Å². The average Bonchev–Trinajstić information content (AvgIpc) is 3.05. The molecule has 3 N–H and O–H groups in total. The molecule has 1 heterocycles. The first-order valence-electron chi connectivity index (χ1n) is 6.46. The molecule has 2 amide bonds. The van der Waals surface area contributed by atoms with Crippen LogP contribution in [0.1, 0.15) is 20.8 Å². The van der Waals surface area contributed by atoms with Crippen molar-refractivity contribution in [2.24, 2.45) is 0 Å². The number of aliphatic hydroxyl groups is 1. The molecule has 5 nitrogen and oxygen atoms in total. The lowest BCUT2D eigenvalue weighted by Crippen LogP contribution is -2.36. The molecular weight excluding hydrogens is 288 g/mol. The van der Waals surface area contributed by atoms with E-state index in [1.807, 2.05) is 29.6 Å². The topological polar surface area (TPSA) is 78.4 Å². The molecule has 0 saturated carbocycles. The fraction of sp³-hybridized carbons (Fsp3) is 0.200. The first kappa shape index (κ1) is 15.2. The van der Waals surface area contributed by atoms with Gasteiger partial charge >= 0.3 is 0 Å². The molecule has 0 radical (unpaired) electrons. The first-order valence-corrected chi connectivity index (χ1v) is 7.34. The lowest BCUT2D eigenvalue weighted by molar-refractivity contribution is -0.120. The Morgan fingerprint density at radius 1 is 1.10 bits per heavy atom. The summed E-state index contributed by atoms with van der Waals surface area (Å²) < 4.78 is 0. The van der Waals surface area contributed by atoms with Gasteiger partial charge in [-0.1, -0.05) is 30.3 Å². The second kappa shape index (κ2) is 7.56. The molecule has 0 aliphatic rings. The fourth-order valence-electron chi connectivity index (χ4n) is 1.76. The molecule has 1 aromatic carbocycles. The van der Waals surface area contributed by atoms with Gasteiger partial charge in [-0.2, -0.15) is 0 Å². The third kappa shape index (κ3) is 4.70. The maximum Gasteiger partial charge on any atom is 0.261 e. The van der Waals surface area contributed by atoms with Gasteiger partial charge in [-0.25, -0.2) is 0 Å². The maximum absolute atomic E-state index is 11.7. The number of nitrogens with one attached hydrogen (secondary N) is 2. The van der Waals surface area contributed by atoms with E-state index in [2.05, 4.69) is 10.6 Å². The van der Waals surface area contributed by atoms with Gasteiger partial charge in [-0.3, -0.25) is 9.59 Å². The summed E-state index contributed by atoms with van der Waals surface area (Å²) in [4.78, 5) is 23.9. The van der Waals surface area contributed by atoms with Gasteiger partial charge in [0.25, 0.3) is 5.91 Å². The van der Waals surface area contributed by atoms with Gasteiger partial charge in [0, 0.05) is 6.54 Å². The Bertz CT molecular complexity index is 611. The minimum absolute atomic E-state index is 0.0291. The molecule has 0 aliphatic carbocycles. The molecule has 2 aromatic rings. The van der Waals surface area contributed by atoms with Crippen LogP contribution in [0.25, 0.3) is 0 Å². The average molecular weight is 304 g/mol. The molecule has 0 spiro atoms. The zero-order valence-electron chi connectivity index (χ0n) is 11.3. The summed E-state index contributed by atoms with van der Waals surface area (Å²) in [5.41, 5.74) is 1.70.